The molecule has 156 valence electrons. The molecule has 0 bridgehead atoms. The number of ether oxygens (including phenoxy) is 1. The molecule has 1 heterocycles. The highest BCUT2D eigenvalue weighted by Gasteiger charge is 2.41. The molecule has 0 saturated carbocycles. The number of carboxylic acids is 1. The number of aliphatic carboxylic acids is 1. The van der Waals surface area contributed by atoms with E-state index in [1.807, 2.05) is 0 Å². The lowest BCUT2D eigenvalue weighted by Gasteiger charge is -2.38. The summed E-state index contributed by atoms with van der Waals surface area (Å²) in [6, 6.07) is 3.00. The van der Waals surface area contributed by atoms with Gasteiger partial charge in [0.15, 0.2) is 0 Å². The summed E-state index contributed by atoms with van der Waals surface area (Å²) in [5.74, 6) is -1.85. The first-order chi connectivity index (χ1) is 12.8. The van der Waals surface area contributed by atoms with E-state index in [4.69, 9.17) is 27.9 Å². The predicted octanol–water partition coefficient (Wildman–Crippen LogP) is 2.83. The van der Waals surface area contributed by atoms with Gasteiger partial charge in [0, 0.05) is 23.1 Å². The summed E-state index contributed by atoms with van der Waals surface area (Å²) < 4.78 is 31.9. The van der Waals surface area contributed by atoms with Crippen molar-refractivity contribution in [3.63, 3.8) is 0 Å². The van der Waals surface area contributed by atoms with E-state index in [1.165, 1.54) is 23.1 Å². The lowest BCUT2D eigenvalue weighted by atomic mass is 10.2. The van der Waals surface area contributed by atoms with Crippen molar-refractivity contribution in [1.29, 1.82) is 0 Å². The van der Waals surface area contributed by atoms with Gasteiger partial charge in [-0.1, -0.05) is 23.2 Å². The molecule has 1 atom stereocenters. The molecule has 11 heteroatoms. The quantitative estimate of drug-likeness (QED) is 0.752. The molecule has 28 heavy (non-hydrogen) atoms. The fraction of sp³-hybridized carbons (Fsp3) is 0.529. The summed E-state index contributed by atoms with van der Waals surface area (Å²) in [5.41, 5.74) is -0.476. The van der Waals surface area contributed by atoms with Crippen molar-refractivity contribution in [3.8, 4) is 0 Å². The molecule has 1 aliphatic heterocycles. The molecule has 0 unspecified atom stereocenters. The standard InChI is InChI=1S/C17H22Cl2N2O6S/c1-17(2,3)27-16(24)20-6-7-21(14(9-20)15(22)23)28(25,26)10-11-8-12(18)4-5-13(11)19/h4-5,8,14H,6-7,9-10H2,1-3H3,(H,22,23)/t14-/m1/s1. The Morgan fingerprint density at radius 2 is 1.89 bits per heavy atom. The van der Waals surface area contributed by atoms with E-state index in [0.717, 1.165) is 4.31 Å². The highest BCUT2D eigenvalue weighted by molar-refractivity contribution is 7.88. The summed E-state index contributed by atoms with van der Waals surface area (Å²) >= 11 is 11.9. The Morgan fingerprint density at radius 1 is 1.25 bits per heavy atom. The fourth-order valence-electron chi connectivity index (χ4n) is 2.73. The minimum atomic E-state index is -4.02. The Balaban J connectivity index is 2.21. The van der Waals surface area contributed by atoms with E-state index < -0.39 is 39.5 Å². The number of rotatable bonds is 4. The lowest BCUT2D eigenvalue weighted by Crippen LogP contribution is -2.59. The van der Waals surface area contributed by atoms with Gasteiger partial charge in [-0.05, 0) is 44.5 Å². The number of carboxylic acid groups (broad SMARTS) is 1. The Labute approximate surface area is 174 Å². The smallest absolute Gasteiger partial charge is 0.410 e. The van der Waals surface area contributed by atoms with Gasteiger partial charge in [-0.15, -0.1) is 0 Å². The number of sulfonamides is 1. The zero-order valence-electron chi connectivity index (χ0n) is 15.7. The maximum atomic E-state index is 12.9. The zero-order chi connectivity index (χ0) is 21.3. The average molecular weight is 453 g/mol. The number of hydrogen-bond acceptors (Lipinski definition) is 5. The van der Waals surface area contributed by atoms with Gasteiger partial charge in [-0.2, -0.15) is 4.31 Å². The summed E-state index contributed by atoms with van der Waals surface area (Å²) in [7, 11) is -4.02. The lowest BCUT2D eigenvalue weighted by molar-refractivity contribution is -0.143. The van der Waals surface area contributed by atoms with Crippen molar-refractivity contribution in [3.05, 3.63) is 33.8 Å². The van der Waals surface area contributed by atoms with E-state index >= 15 is 0 Å². The minimum absolute atomic E-state index is 0.0151. The van der Waals surface area contributed by atoms with Crippen LogP contribution in [0.2, 0.25) is 10.0 Å². The summed E-state index contributed by atoms with van der Waals surface area (Å²) in [4.78, 5) is 25.1. The summed E-state index contributed by atoms with van der Waals surface area (Å²) in [6.45, 7) is 4.60. The molecule has 2 rings (SSSR count). The third-order valence-electron chi connectivity index (χ3n) is 3.97. The first-order valence-electron chi connectivity index (χ1n) is 8.44. The van der Waals surface area contributed by atoms with Crippen molar-refractivity contribution in [1.82, 2.24) is 9.21 Å². The first kappa shape index (κ1) is 22.7. The third kappa shape index (κ3) is 5.73. The molecule has 1 aromatic rings. The van der Waals surface area contributed by atoms with Crippen LogP contribution in [0.5, 0.6) is 0 Å². The zero-order valence-corrected chi connectivity index (χ0v) is 18.0. The average Bonchev–Trinajstić information content (AvgIpc) is 2.55. The highest BCUT2D eigenvalue weighted by Crippen LogP contribution is 2.26. The number of piperazine rings is 1. The largest absolute Gasteiger partial charge is 0.480 e. The Hall–Kier alpha value is -1.55. The highest BCUT2D eigenvalue weighted by atomic mass is 35.5. The van der Waals surface area contributed by atoms with Crippen LogP contribution in [0.4, 0.5) is 4.79 Å². The minimum Gasteiger partial charge on any atom is -0.480 e. The molecule has 0 aliphatic carbocycles. The van der Waals surface area contributed by atoms with Gasteiger partial charge in [0.25, 0.3) is 0 Å². The molecule has 1 saturated heterocycles. The number of nitrogens with zero attached hydrogens (tertiary/aromatic N) is 2. The van der Waals surface area contributed by atoms with Gasteiger partial charge in [-0.25, -0.2) is 13.2 Å². The molecule has 1 fully saturated rings. The molecular weight excluding hydrogens is 431 g/mol. The number of carbonyl (C=O) groups excluding carboxylic acids is 1. The van der Waals surface area contributed by atoms with Gasteiger partial charge in [-0.3, -0.25) is 4.79 Å². The molecule has 0 aromatic heterocycles. The van der Waals surface area contributed by atoms with Crippen molar-refractivity contribution in [2.24, 2.45) is 0 Å². The number of benzene rings is 1. The SMILES string of the molecule is CC(C)(C)OC(=O)N1CCN(S(=O)(=O)Cc2cc(Cl)ccc2Cl)[C@@H](C(=O)O)C1. The maximum absolute atomic E-state index is 12.9. The van der Waals surface area contributed by atoms with Gasteiger partial charge in [0.1, 0.15) is 11.6 Å². The molecule has 1 aromatic carbocycles. The van der Waals surface area contributed by atoms with Gasteiger partial charge in [0.05, 0.1) is 12.3 Å². The van der Waals surface area contributed by atoms with E-state index in [0.29, 0.717) is 5.02 Å². The maximum Gasteiger partial charge on any atom is 0.410 e. The van der Waals surface area contributed by atoms with Crippen LogP contribution < -0.4 is 0 Å². The molecule has 1 aliphatic rings. The van der Waals surface area contributed by atoms with Crippen LogP contribution in [0.15, 0.2) is 18.2 Å². The summed E-state index contributed by atoms with van der Waals surface area (Å²) in [6.07, 6.45) is -0.686. The molecule has 0 radical (unpaired) electrons. The van der Waals surface area contributed by atoms with Crippen LogP contribution in [0.1, 0.15) is 26.3 Å². The Morgan fingerprint density at radius 3 is 2.46 bits per heavy atom. The van der Waals surface area contributed by atoms with Gasteiger partial charge in [0.2, 0.25) is 10.0 Å². The number of amides is 1. The van der Waals surface area contributed by atoms with E-state index in [1.54, 1.807) is 20.8 Å². The van der Waals surface area contributed by atoms with Crippen molar-refractivity contribution in [2.75, 3.05) is 19.6 Å². The number of hydrogen-bond donors (Lipinski definition) is 1. The number of carbonyl (C=O) groups is 2. The molecule has 8 nitrogen and oxygen atoms in total. The van der Waals surface area contributed by atoms with Crippen molar-refractivity contribution in [2.45, 2.75) is 38.2 Å². The van der Waals surface area contributed by atoms with Crippen LogP contribution in [0.3, 0.4) is 0 Å². The Kier molecular flexibility index (Phi) is 6.86. The number of halogens is 2. The Bertz CT molecular complexity index is 869. The fourth-order valence-corrected chi connectivity index (χ4v) is 4.89. The van der Waals surface area contributed by atoms with E-state index in [2.05, 4.69) is 0 Å². The van der Waals surface area contributed by atoms with E-state index in [-0.39, 0.29) is 30.2 Å². The van der Waals surface area contributed by atoms with Gasteiger partial charge >= 0.3 is 12.1 Å². The van der Waals surface area contributed by atoms with Crippen LogP contribution in [-0.4, -0.2) is 66.1 Å². The van der Waals surface area contributed by atoms with Crippen LogP contribution in [0, 0.1) is 0 Å². The molecular formula is C17H22Cl2N2O6S. The summed E-state index contributed by atoms with van der Waals surface area (Å²) in [5, 5.41) is 10.1. The second-order valence-electron chi connectivity index (χ2n) is 7.38. The van der Waals surface area contributed by atoms with Crippen LogP contribution in [0.25, 0.3) is 0 Å². The normalized spacial score (nSPS) is 18.8. The molecule has 0 spiro atoms. The topological polar surface area (TPSA) is 104 Å². The molecule has 1 amide bonds. The van der Waals surface area contributed by atoms with Crippen molar-refractivity contribution < 1.29 is 27.9 Å². The van der Waals surface area contributed by atoms with Gasteiger partial charge < -0.3 is 14.7 Å². The second-order valence-corrected chi connectivity index (χ2v) is 10.1. The predicted molar refractivity (Wildman–Crippen MR) is 105 cm³/mol. The second kappa shape index (κ2) is 8.44. The van der Waals surface area contributed by atoms with Crippen LogP contribution in [-0.2, 0) is 25.3 Å². The first-order valence-corrected chi connectivity index (χ1v) is 10.8. The molecule has 1 N–H and O–H groups in total. The van der Waals surface area contributed by atoms with E-state index in [9.17, 15) is 23.1 Å². The third-order valence-corrected chi connectivity index (χ3v) is 6.40. The van der Waals surface area contributed by atoms with Crippen LogP contribution >= 0.6 is 23.2 Å². The van der Waals surface area contributed by atoms with Crippen molar-refractivity contribution >= 4 is 45.3 Å². The monoisotopic (exact) mass is 452 g/mol.